The summed E-state index contributed by atoms with van der Waals surface area (Å²) in [6.07, 6.45) is 3.44. The second kappa shape index (κ2) is 4.89. The molecule has 0 saturated heterocycles. The Morgan fingerprint density at radius 3 is 2.89 bits per heavy atom. The molecule has 3 rings (SSSR count). The Labute approximate surface area is 110 Å². The molecule has 2 heterocycles. The van der Waals surface area contributed by atoms with Gasteiger partial charge in [0.1, 0.15) is 12.4 Å². The van der Waals surface area contributed by atoms with Crippen molar-refractivity contribution in [1.29, 1.82) is 0 Å². The van der Waals surface area contributed by atoms with Gasteiger partial charge < -0.3 is 10.5 Å². The largest absolute Gasteiger partial charge is 0.487 e. The second-order valence-electron chi connectivity index (χ2n) is 4.06. The number of nitrogen functional groups attached to an aromatic ring is 1. The molecule has 2 aromatic heterocycles. The first-order valence-corrected chi connectivity index (χ1v) is 5.86. The van der Waals surface area contributed by atoms with Crippen LogP contribution in [-0.2, 0) is 6.61 Å². The summed E-state index contributed by atoms with van der Waals surface area (Å²) in [5, 5.41) is 0.930. The number of ether oxygens (including phenoxy) is 1. The molecule has 0 fully saturated rings. The minimum Gasteiger partial charge on any atom is -0.487 e. The highest BCUT2D eigenvalue weighted by Crippen LogP contribution is 2.19. The Balaban J connectivity index is 1.81. The van der Waals surface area contributed by atoms with E-state index in [9.17, 15) is 0 Å². The van der Waals surface area contributed by atoms with E-state index in [-0.39, 0.29) is 5.95 Å². The first-order chi connectivity index (χ1) is 9.31. The molecule has 0 radical (unpaired) electrons. The average Bonchev–Trinajstić information content (AvgIpc) is 2.46. The highest BCUT2D eigenvalue weighted by atomic mass is 16.5. The van der Waals surface area contributed by atoms with Gasteiger partial charge in [0.2, 0.25) is 5.95 Å². The highest BCUT2D eigenvalue weighted by molar-refractivity contribution is 5.79. The van der Waals surface area contributed by atoms with Crippen LogP contribution in [0.15, 0.2) is 48.8 Å². The van der Waals surface area contributed by atoms with Crippen molar-refractivity contribution < 1.29 is 4.74 Å². The van der Waals surface area contributed by atoms with Gasteiger partial charge in [-0.25, -0.2) is 9.97 Å². The van der Waals surface area contributed by atoms with Gasteiger partial charge in [-0.1, -0.05) is 6.07 Å². The number of nitrogens with zero attached hydrogens (tertiary/aromatic N) is 3. The van der Waals surface area contributed by atoms with E-state index in [4.69, 9.17) is 10.5 Å². The zero-order valence-corrected chi connectivity index (χ0v) is 10.2. The van der Waals surface area contributed by atoms with E-state index in [0.717, 1.165) is 22.3 Å². The molecule has 94 valence electrons. The third kappa shape index (κ3) is 2.60. The normalized spacial score (nSPS) is 10.5. The maximum Gasteiger partial charge on any atom is 0.220 e. The average molecular weight is 252 g/mol. The van der Waals surface area contributed by atoms with Gasteiger partial charge >= 0.3 is 0 Å². The molecule has 2 N–H and O–H groups in total. The van der Waals surface area contributed by atoms with Gasteiger partial charge in [-0.05, 0) is 24.3 Å². The fraction of sp³-hybridized carbons (Fsp3) is 0.0714. The zero-order valence-electron chi connectivity index (χ0n) is 10.2. The fourth-order valence-corrected chi connectivity index (χ4v) is 1.75. The van der Waals surface area contributed by atoms with Crippen LogP contribution in [-0.4, -0.2) is 15.0 Å². The van der Waals surface area contributed by atoms with E-state index >= 15 is 0 Å². The minimum atomic E-state index is 0.259. The van der Waals surface area contributed by atoms with Crippen LogP contribution in [0.4, 0.5) is 5.95 Å². The SMILES string of the molecule is Nc1ncc2ccc(OCc3ccccn3)cc2n1. The van der Waals surface area contributed by atoms with Gasteiger partial charge in [-0.3, -0.25) is 4.98 Å². The Kier molecular flexibility index (Phi) is 2.94. The summed E-state index contributed by atoms with van der Waals surface area (Å²) in [7, 11) is 0. The zero-order chi connectivity index (χ0) is 13.1. The number of nitrogens with two attached hydrogens (primary N) is 1. The van der Waals surface area contributed by atoms with E-state index in [2.05, 4.69) is 15.0 Å². The lowest BCUT2D eigenvalue weighted by molar-refractivity contribution is 0.301. The molecule has 0 aliphatic heterocycles. The monoisotopic (exact) mass is 252 g/mol. The quantitative estimate of drug-likeness (QED) is 0.773. The molecule has 0 atom stereocenters. The number of rotatable bonds is 3. The predicted octanol–water partition coefficient (Wildman–Crippen LogP) is 2.19. The van der Waals surface area contributed by atoms with Crippen LogP contribution in [0.25, 0.3) is 10.9 Å². The first-order valence-electron chi connectivity index (χ1n) is 5.86. The van der Waals surface area contributed by atoms with Crippen molar-refractivity contribution in [2.24, 2.45) is 0 Å². The van der Waals surface area contributed by atoms with Crippen molar-refractivity contribution in [2.45, 2.75) is 6.61 Å². The van der Waals surface area contributed by atoms with Gasteiger partial charge in [0, 0.05) is 23.8 Å². The third-order valence-electron chi connectivity index (χ3n) is 2.69. The van der Waals surface area contributed by atoms with E-state index in [1.807, 2.05) is 36.4 Å². The van der Waals surface area contributed by atoms with E-state index in [1.54, 1.807) is 12.4 Å². The summed E-state index contributed by atoms with van der Waals surface area (Å²) in [5.41, 5.74) is 7.21. The molecule has 5 nitrogen and oxygen atoms in total. The molecule has 0 bridgehead atoms. The Bertz CT molecular complexity index is 700. The van der Waals surface area contributed by atoms with E-state index in [1.165, 1.54) is 0 Å². The lowest BCUT2D eigenvalue weighted by Crippen LogP contribution is -1.98. The second-order valence-corrected chi connectivity index (χ2v) is 4.06. The fourth-order valence-electron chi connectivity index (χ4n) is 1.75. The Morgan fingerprint density at radius 2 is 2.05 bits per heavy atom. The van der Waals surface area contributed by atoms with Gasteiger partial charge in [0.25, 0.3) is 0 Å². The van der Waals surface area contributed by atoms with E-state index < -0.39 is 0 Å². The standard InChI is InChI=1S/C14H12N4O/c15-14-17-8-10-4-5-12(7-13(10)18-14)19-9-11-3-1-2-6-16-11/h1-8H,9H2,(H2,15,17,18). The van der Waals surface area contributed by atoms with Crippen molar-refractivity contribution in [2.75, 3.05) is 5.73 Å². The van der Waals surface area contributed by atoms with Crippen LogP contribution < -0.4 is 10.5 Å². The number of aromatic nitrogens is 3. The topological polar surface area (TPSA) is 73.9 Å². The first kappa shape index (κ1) is 11.4. The smallest absolute Gasteiger partial charge is 0.220 e. The summed E-state index contributed by atoms with van der Waals surface area (Å²) in [4.78, 5) is 12.3. The van der Waals surface area contributed by atoms with Crippen LogP contribution in [0, 0.1) is 0 Å². The summed E-state index contributed by atoms with van der Waals surface area (Å²) < 4.78 is 5.68. The third-order valence-corrected chi connectivity index (χ3v) is 2.69. The Hall–Kier alpha value is -2.69. The molecular formula is C14H12N4O. The van der Waals surface area contributed by atoms with Gasteiger partial charge in [0.15, 0.2) is 0 Å². The van der Waals surface area contributed by atoms with Crippen LogP contribution >= 0.6 is 0 Å². The van der Waals surface area contributed by atoms with Crippen LogP contribution in [0.5, 0.6) is 5.75 Å². The minimum absolute atomic E-state index is 0.259. The van der Waals surface area contributed by atoms with Crippen molar-refractivity contribution in [1.82, 2.24) is 15.0 Å². The summed E-state index contributed by atoms with van der Waals surface area (Å²) in [5.74, 6) is 0.991. The Morgan fingerprint density at radius 1 is 1.11 bits per heavy atom. The predicted molar refractivity (Wildman–Crippen MR) is 72.5 cm³/mol. The number of fused-ring (bicyclic) bond motifs is 1. The molecule has 1 aromatic carbocycles. The van der Waals surface area contributed by atoms with Crippen LogP contribution in [0.3, 0.4) is 0 Å². The summed E-state index contributed by atoms with van der Waals surface area (Å²) >= 11 is 0. The van der Waals surface area contributed by atoms with Crippen molar-refractivity contribution in [3.63, 3.8) is 0 Å². The number of pyridine rings is 1. The van der Waals surface area contributed by atoms with Gasteiger partial charge in [-0.2, -0.15) is 0 Å². The molecule has 0 saturated carbocycles. The van der Waals surface area contributed by atoms with Gasteiger partial charge in [0.05, 0.1) is 11.2 Å². The molecule has 0 aliphatic rings. The molecule has 5 heteroatoms. The molecule has 0 unspecified atom stereocenters. The van der Waals surface area contributed by atoms with Crippen LogP contribution in [0.2, 0.25) is 0 Å². The number of benzene rings is 1. The summed E-state index contributed by atoms with van der Waals surface area (Å²) in [6, 6.07) is 11.4. The number of anilines is 1. The van der Waals surface area contributed by atoms with Crippen molar-refractivity contribution >= 4 is 16.9 Å². The summed E-state index contributed by atoms with van der Waals surface area (Å²) in [6.45, 7) is 0.424. The molecule has 3 aromatic rings. The lowest BCUT2D eigenvalue weighted by atomic mass is 10.2. The number of hydrogen-bond acceptors (Lipinski definition) is 5. The van der Waals surface area contributed by atoms with Gasteiger partial charge in [-0.15, -0.1) is 0 Å². The molecule has 0 aliphatic carbocycles. The highest BCUT2D eigenvalue weighted by Gasteiger charge is 2.01. The number of hydrogen-bond donors (Lipinski definition) is 1. The van der Waals surface area contributed by atoms with Crippen molar-refractivity contribution in [3.8, 4) is 5.75 Å². The maximum absolute atomic E-state index is 5.68. The van der Waals surface area contributed by atoms with Crippen molar-refractivity contribution in [3.05, 3.63) is 54.5 Å². The molecule has 19 heavy (non-hydrogen) atoms. The van der Waals surface area contributed by atoms with E-state index in [0.29, 0.717) is 6.61 Å². The molecule has 0 amide bonds. The maximum atomic E-state index is 5.68. The molecular weight excluding hydrogens is 240 g/mol. The van der Waals surface area contributed by atoms with Crippen LogP contribution in [0.1, 0.15) is 5.69 Å². The lowest BCUT2D eigenvalue weighted by Gasteiger charge is -2.06. The molecule has 0 spiro atoms.